The first-order valence-corrected chi connectivity index (χ1v) is 8.94. The van der Waals surface area contributed by atoms with Gasteiger partial charge >= 0.3 is 6.03 Å². The predicted octanol–water partition coefficient (Wildman–Crippen LogP) is 2.64. The largest absolute Gasteiger partial charge is 0.492 e. The molecule has 0 aromatic heterocycles. The number of nitrogens with one attached hydrogen (secondary N) is 1. The lowest BCUT2D eigenvalue weighted by Crippen LogP contribution is -2.52. The van der Waals surface area contributed by atoms with Crippen molar-refractivity contribution in [1.29, 1.82) is 0 Å². The van der Waals surface area contributed by atoms with Crippen molar-refractivity contribution in [2.24, 2.45) is 0 Å². The van der Waals surface area contributed by atoms with Crippen molar-refractivity contribution in [3.8, 4) is 5.75 Å². The number of anilines is 1. The number of nitro benzene ring substituents is 1. The molecule has 2 aromatic rings. The van der Waals surface area contributed by atoms with E-state index in [1.807, 2.05) is 4.90 Å². The molecule has 2 amide bonds. The number of para-hydroxylation sites is 2. The highest BCUT2D eigenvalue weighted by Crippen LogP contribution is 2.28. The van der Waals surface area contributed by atoms with Crippen LogP contribution in [0, 0.1) is 15.9 Å². The minimum atomic E-state index is -0.393. The summed E-state index contributed by atoms with van der Waals surface area (Å²) in [5.41, 5.74) is 0.638. The number of benzene rings is 2. The molecule has 0 bridgehead atoms. The highest BCUT2D eigenvalue weighted by atomic mass is 19.1. The summed E-state index contributed by atoms with van der Waals surface area (Å²) in [6.07, 6.45) is 0. The molecule has 0 unspecified atom stereocenters. The molecule has 1 aliphatic heterocycles. The average Bonchev–Trinajstić information content (AvgIpc) is 2.72. The number of nitrogens with zero attached hydrogens (tertiary/aromatic N) is 3. The molecule has 3 rings (SSSR count). The fourth-order valence-corrected chi connectivity index (χ4v) is 3.01. The molecule has 0 aliphatic carbocycles. The van der Waals surface area contributed by atoms with Crippen LogP contribution in [0.25, 0.3) is 0 Å². The molecule has 1 N–H and O–H groups in total. The molecular weight excluding hydrogens is 367 g/mol. The third-order valence-corrected chi connectivity index (χ3v) is 4.45. The summed E-state index contributed by atoms with van der Waals surface area (Å²) in [5.74, 6) is 0.203. The van der Waals surface area contributed by atoms with Gasteiger partial charge in [0, 0.05) is 32.2 Å². The first-order valence-electron chi connectivity index (χ1n) is 8.94. The van der Waals surface area contributed by atoms with Gasteiger partial charge in [-0.05, 0) is 30.3 Å². The van der Waals surface area contributed by atoms with Crippen LogP contribution in [0.15, 0.2) is 48.5 Å². The molecule has 2 aromatic carbocycles. The van der Waals surface area contributed by atoms with Crippen LogP contribution in [-0.4, -0.2) is 55.2 Å². The maximum absolute atomic E-state index is 12.8. The van der Waals surface area contributed by atoms with Crippen molar-refractivity contribution in [3.63, 3.8) is 0 Å². The first kappa shape index (κ1) is 19.4. The number of carbonyl (C=O) groups is 1. The summed E-state index contributed by atoms with van der Waals surface area (Å²) in [6, 6.07) is 12.1. The molecule has 0 atom stereocenters. The Hall–Kier alpha value is -3.36. The average molecular weight is 388 g/mol. The number of amides is 2. The Morgan fingerprint density at radius 3 is 2.46 bits per heavy atom. The minimum Gasteiger partial charge on any atom is -0.492 e. The number of nitro groups is 1. The number of piperazine rings is 1. The topological polar surface area (TPSA) is 88.0 Å². The van der Waals surface area contributed by atoms with Gasteiger partial charge < -0.3 is 19.9 Å². The Balaban J connectivity index is 1.42. The molecule has 0 radical (unpaired) electrons. The normalized spacial score (nSPS) is 13.9. The lowest BCUT2D eigenvalue weighted by atomic mass is 10.2. The SMILES string of the molecule is O=C(NCCOc1ccc(F)cc1)N1CCN(c2ccccc2[N+](=O)[O-])CC1. The van der Waals surface area contributed by atoms with Crippen LogP contribution in [0.5, 0.6) is 5.75 Å². The van der Waals surface area contributed by atoms with Crippen LogP contribution in [0.1, 0.15) is 0 Å². The van der Waals surface area contributed by atoms with E-state index in [0.717, 1.165) is 0 Å². The molecule has 148 valence electrons. The minimum absolute atomic E-state index is 0.0679. The third kappa shape index (κ3) is 4.87. The summed E-state index contributed by atoms with van der Waals surface area (Å²) in [4.78, 5) is 26.6. The molecule has 9 heteroatoms. The molecule has 0 spiro atoms. The maximum Gasteiger partial charge on any atom is 0.317 e. The number of urea groups is 1. The van der Waals surface area contributed by atoms with E-state index in [0.29, 0.717) is 44.2 Å². The Kier molecular flexibility index (Phi) is 6.25. The quantitative estimate of drug-likeness (QED) is 0.467. The van der Waals surface area contributed by atoms with Gasteiger partial charge in [-0.25, -0.2) is 9.18 Å². The van der Waals surface area contributed by atoms with Gasteiger partial charge in [0.1, 0.15) is 23.9 Å². The van der Waals surface area contributed by atoms with Crippen molar-refractivity contribution in [3.05, 3.63) is 64.5 Å². The maximum atomic E-state index is 12.8. The van der Waals surface area contributed by atoms with Crippen molar-refractivity contribution >= 4 is 17.4 Å². The number of rotatable bonds is 6. The Morgan fingerprint density at radius 2 is 1.79 bits per heavy atom. The Labute approximate surface area is 161 Å². The summed E-state index contributed by atoms with van der Waals surface area (Å²) in [5, 5.41) is 14.0. The van der Waals surface area contributed by atoms with Crippen molar-refractivity contribution in [2.45, 2.75) is 0 Å². The van der Waals surface area contributed by atoms with Crippen LogP contribution in [-0.2, 0) is 0 Å². The summed E-state index contributed by atoms with van der Waals surface area (Å²) in [7, 11) is 0. The highest BCUT2D eigenvalue weighted by Gasteiger charge is 2.25. The van der Waals surface area contributed by atoms with Gasteiger partial charge in [-0.3, -0.25) is 10.1 Å². The van der Waals surface area contributed by atoms with Gasteiger partial charge in [0.05, 0.1) is 11.5 Å². The fraction of sp³-hybridized carbons (Fsp3) is 0.316. The van der Waals surface area contributed by atoms with Crippen molar-refractivity contribution in [1.82, 2.24) is 10.2 Å². The number of hydrogen-bond acceptors (Lipinski definition) is 5. The zero-order valence-electron chi connectivity index (χ0n) is 15.2. The standard InChI is InChI=1S/C19H21FN4O4/c20-15-5-7-16(8-6-15)28-14-9-21-19(25)23-12-10-22(11-13-23)17-3-1-2-4-18(17)24(26)27/h1-8H,9-14H2,(H,21,25). The van der Waals surface area contributed by atoms with Gasteiger partial charge in [-0.1, -0.05) is 12.1 Å². The fourth-order valence-electron chi connectivity index (χ4n) is 3.01. The van der Waals surface area contributed by atoms with Gasteiger partial charge in [0.25, 0.3) is 5.69 Å². The molecule has 1 fully saturated rings. The number of halogens is 1. The molecule has 0 saturated carbocycles. The second-order valence-electron chi connectivity index (χ2n) is 6.25. The highest BCUT2D eigenvalue weighted by molar-refractivity contribution is 5.74. The second kappa shape index (κ2) is 9.03. The van der Waals surface area contributed by atoms with Gasteiger partial charge in [-0.2, -0.15) is 0 Å². The van der Waals surface area contributed by atoms with E-state index in [9.17, 15) is 19.3 Å². The summed E-state index contributed by atoms with van der Waals surface area (Å²) < 4.78 is 18.3. The summed E-state index contributed by atoms with van der Waals surface area (Å²) in [6.45, 7) is 2.57. The molecule has 1 saturated heterocycles. The van der Waals surface area contributed by atoms with E-state index < -0.39 is 4.92 Å². The lowest BCUT2D eigenvalue weighted by molar-refractivity contribution is -0.384. The van der Waals surface area contributed by atoms with Crippen molar-refractivity contribution < 1.29 is 18.8 Å². The van der Waals surface area contributed by atoms with E-state index in [4.69, 9.17) is 4.74 Å². The van der Waals surface area contributed by atoms with Crippen LogP contribution < -0.4 is 15.0 Å². The number of carbonyl (C=O) groups excluding carboxylic acids is 1. The first-order chi connectivity index (χ1) is 13.5. The molecule has 1 aliphatic rings. The predicted molar refractivity (Wildman–Crippen MR) is 102 cm³/mol. The lowest BCUT2D eigenvalue weighted by Gasteiger charge is -2.35. The zero-order chi connectivity index (χ0) is 19.9. The van der Waals surface area contributed by atoms with Crippen LogP contribution >= 0.6 is 0 Å². The van der Waals surface area contributed by atoms with E-state index in [1.165, 1.54) is 30.3 Å². The number of ether oxygens (including phenoxy) is 1. The van der Waals surface area contributed by atoms with E-state index in [2.05, 4.69) is 5.32 Å². The molecule has 28 heavy (non-hydrogen) atoms. The van der Waals surface area contributed by atoms with Gasteiger partial charge in [0.15, 0.2) is 0 Å². The Morgan fingerprint density at radius 1 is 1.11 bits per heavy atom. The van der Waals surface area contributed by atoms with Crippen LogP contribution in [0.4, 0.5) is 20.6 Å². The molecular formula is C19H21FN4O4. The van der Waals surface area contributed by atoms with E-state index in [-0.39, 0.29) is 24.1 Å². The smallest absolute Gasteiger partial charge is 0.317 e. The monoisotopic (exact) mass is 388 g/mol. The van der Waals surface area contributed by atoms with Crippen LogP contribution in [0.2, 0.25) is 0 Å². The second-order valence-corrected chi connectivity index (χ2v) is 6.25. The van der Waals surface area contributed by atoms with E-state index >= 15 is 0 Å². The molecule has 8 nitrogen and oxygen atoms in total. The zero-order valence-corrected chi connectivity index (χ0v) is 15.2. The molecule has 1 heterocycles. The van der Waals surface area contributed by atoms with Gasteiger partial charge in [0.2, 0.25) is 0 Å². The van der Waals surface area contributed by atoms with E-state index in [1.54, 1.807) is 23.1 Å². The van der Waals surface area contributed by atoms with Crippen molar-refractivity contribution in [2.75, 3.05) is 44.2 Å². The summed E-state index contributed by atoms with van der Waals surface area (Å²) >= 11 is 0. The third-order valence-electron chi connectivity index (χ3n) is 4.45. The van der Waals surface area contributed by atoms with Gasteiger partial charge in [-0.15, -0.1) is 0 Å². The van der Waals surface area contributed by atoms with Crippen LogP contribution in [0.3, 0.4) is 0 Å². The Bertz CT molecular complexity index is 823. The number of hydrogen-bond donors (Lipinski definition) is 1.